The summed E-state index contributed by atoms with van der Waals surface area (Å²) < 4.78 is 0. The van der Waals surface area contributed by atoms with Crippen LogP contribution in [0.5, 0.6) is 5.75 Å². The number of phenolic OH excluding ortho intramolecular Hbond substituents is 1. The summed E-state index contributed by atoms with van der Waals surface area (Å²) in [6.07, 6.45) is 0. The van der Waals surface area contributed by atoms with E-state index < -0.39 is 0 Å². The zero-order valence-electron chi connectivity index (χ0n) is 16.9. The molecule has 0 heterocycles. The third kappa shape index (κ3) is 2.83. The van der Waals surface area contributed by atoms with Crippen LogP contribution in [0.15, 0.2) is 60.7 Å². The summed E-state index contributed by atoms with van der Waals surface area (Å²) in [4.78, 5) is 2.15. The third-order valence-corrected chi connectivity index (χ3v) is 6.04. The van der Waals surface area contributed by atoms with Gasteiger partial charge in [-0.15, -0.1) is 0 Å². The predicted octanol–water partition coefficient (Wildman–Crippen LogP) is 4.43. The normalized spacial score (nSPS) is 14.2. The van der Waals surface area contributed by atoms with E-state index in [-0.39, 0.29) is 5.41 Å². The number of fused-ring (bicyclic) bond motifs is 3. The molecule has 4 rings (SSSR count). The van der Waals surface area contributed by atoms with Crippen LogP contribution in [-0.4, -0.2) is 30.1 Å². The van der Waals surface area contributed by atoms with Crippen molar-refractivity contribution in [1.82, 2.24) is 4.90 Å². The van der Waals surface area contributed by atoms with Crippen LogP contribution < -0.4 is 5.73 Å². The van der Waals surface area contributed by atoms with E-state index in [2.05, 4.69) is 79.4 Å². The maximum Gasteiger partial charge on any atom is 0.124 e. The van der Waals surface area contributed by atoms with Gasteiger partial charge in [-0.1, -0.05) is 66.2 Å². The number of phenols is 1. The zero-order valence-corrected chi connectivity index (χ0v) is 16.9. The molecule has 3 aromatic carbocycles. The van der Waals surface area contributed by atoms with E-state index in [0.717, 1.165) is 23.2 Å². The first-order valence-electron chi connectivity index (χ1n) is 9.87. The zero-order chi connectivity index (χ0) is 19.9. The summed E-state index contributed by atoms with van der Waals surface area (Å²) in [6.45, 7) is 6.42. The average molecular weight is 373 g/mol. The highest BCUT2D eigenvalue weighted by molar-refractivity contribution is 5.83. The molecule has 3 nitrogen and oxygen atoms in total. The molecule has 0 amide bonds. The van der Waals surface area contributed by atoms with Gasteiger partial charge in [0.2, 0.25) is 0 Å². The summed E-state index contributed by atoms with van der Waals surface area (Å²) in [6, 6.07) is 21.3. The molecule has 3 aromatic rings. The highest BCUT2D eigenvalue weighted by atomic mass is 16.3. The van der Waals surface area contributed by atoms with Gasteiger partial charge >= 0.3 is 0 Å². The average Bonchev–Trinajstić information content (AvgIpc) is 2.95. The molecule has 28 heavy (non-hydrogen) atoms. The van der Waals surface area contributed by atoms with Crippen LogP contribution in [0.4, 0.5) is 0 Å². The lowest BCUT2D eigenvalue weighted by molar-refractivity contribution is 0.327. The van der Waals surface area contributed by atoms with Gasteiger partial charge in [0.05, 0.1) is 0 Å². The van der Waals surface area contributed by atoms with Crippen LogP contribution in [0, 0.1) is 6.92 Å². The molecule has 0 aromatic heterocycles. The van der Waals surface area contributed by atoms with Crippen molar-refractivity contribution in [3.8, 4) is 16.9 Å². The monoisotopic (exact) mass is 372 g/mol. The summed E-state index contributed by atoms with van der Waals surface area (Å²) >= 11 is 0. The second-order valence-electron chi connectivity index (χ2n) is 8.06. The molecule has 0 spiro atoms. The molecule has 0 saturated heterocycles. The smallest absolute Gasteiger partial charge is 0.124 e. The molecule has 1 aliphatic carbocycles. The lowest BCUT2D eigenvalue weighted by Gasteiger charge is -2.30. The Morgan fingerprint density at radius 3 is 2.07 bits per heavy atom. The van der Waals surface area contributed by atoms with Gasteiger partial charge in [-0.05, 0) is 43.1 Å². The Hall–Kier alpha value is -2.62. The van der Waals surface area contributed by atoms with Gasteiger partial charge < -0.3 is 15.7 Å². The Bertz CT molecular complexity index is 979. The highest BCUT2D eigenvalue weighted by Crippen LogP contribution is 2.54. The fourth-order valence-electron chi connectivity index (χ4n) is 4.69. The van der Waals surface area contributed by atoms with E-state index in [1.54, 1.807) is 0 Å². The Labute approximate surface area is 167 Å². The lowest BCUT2D eigenvalue weighted by atomic mass is 9.73. The topological polar surface area (TPSA) is 49.5 Å². The van der Waals surface area contributed by atoms with E-state index in [9.17, 15) is 5.11 Å². The van der Waals surface area contributed by atoms with Crippen LogP contribution in [0.2, 0.25) is 0 Å². The van der Waals surface area contributed by atoms with Gasteiger partial charge in [0.25, 0.3) is 0 Å². The first-order chi connectivity index (χ1) is 13.5. The minimum Gasteiger partial charge on any atom is -0.507 e. The van der Waals surface area contributed by atoms with Crippen LogP contribution in [0.1, 0.15) is 34.7 Å². The minimum atomic E-state index is -0.384. The number of nitrogens with two attached hydrogens (primary N) is 1. The van der Waals surface area contributed by atoms with E-state index in [0.29, 0.717) is 18.8 Å². The minimum absolute atomic E-state index is 0.384. The Balaban J connectivity index is 1.93. The fourth-order valence-corrected chi connectivity index (χ4v) is 4.69. The van der Waals surface area contributed by atoms with Crippen molar-refractivity contribution in [2.75, 3.05) is 20.1 Å². The SMILES string of the molecule is Cc1cc(CN(C)CCN)c(O)c(C2(C)c3ccccc3-c3ccccc32)c1. The van der Waals surface area contributed by atoms with E-state index in [1.807, 2.05) is 7.05 Å². The van der Waals surface area contributed by atoms with Gasteiger partial charge in [0.15, 0.2) is 0 Å². The molecule has 3 heteroatoms. The summed E-state index contributed by atoms with van der Waals surface area (Å²) in [5.41, 5.74) is 13.4. The number of aromatic hydroxyl groups is 1. The molecule has 3 N–H and O–H groups in total. The number of rotatable bonds is 5. The molecule has 1 aliphatic rings. The number of aryl methyl sites for hydroxylation is 1. The number of likely N-dealkylation sites (N-methyl/N-ethyl adjacent to an activating group) is 1. The number of benzene rings is 3. The predicted molar refractivity (Wildman–Crippen MR) is 116 cm³/mol. The summed E-state index contributed by atoms with van der Waals surface area (Å²) in [5, 5.41) is 11.3. The Morgan fingerprint density at radius 1 is 0.929 bits per heavy atom. The standard InChI is InChI=1S/C25H28N2O/c1-17-14-18(16-27(3)13-12-26)24(28)23(15-17)25(2)21-10-6-4-8-19(21)20-9-5-7-11-22(20)25/h4-11,14-15,28H,12-13,16,26H2,1-3H3. The first kappa shape index (κ1) is 18.7. The quantitative estimate of drug-likeness (QED) is 0.697. The molecule has 0 bridgehead atoms. The molecule has 0 atom stereocenters. The highest BCUT2D eigenvalue weighted by Gasteiger charge is 2.42. The van der Waals surface area contributed by atoms with Crippen LogP contribution in [0.25, 0.3) is 11.1 Å². The van der Waals surface area contributed by atoms with Crippen molar-refractivity contribution in [2.24, 2.45) is 5.73 Å². The molecular weight excluding hydrogens is 344 g/mol. The van der Waals surface area contributed by atoms with E-state index in [1.165, 1.54) is 22.3 Å². The Kier molecular flexibility index (Phi) is 4.74. The van der Waals surface area contributed by atoms with Gasteiger partial charge in [0.1, 0.15) is 5.75 Å². The molecule has 0 radical (unpaired) electrons. The molecule has 144 valence electrons. The largest absolute Gasteiger partial charge is 0.507 e. The molecule has 0 aliphatic heterocycles. The second-order valence-corrected chi connectivity index (χ2v) is 8.06. The van der Waals surface area contributed by atoms with Crippen molar-refractivity contribution >= 4 is 0 Å². The molecule has 0 fully saturated rings. The van der Waals surface area contributed by atoms with Crippen molar-refractivity contribution in [1.29, 1.82) is 0 Å². The van der Waals surface area contributed by atoms with Crippen molar-refractivity contribution in [3.63, 3.8) is 0 Å². The van der Waals surface area contributed by atoms with Crippen LogP contribution in [0.3, 0.4) is 0 Å². The summed E-state index contributed by atoms with van der Waals surface area (Å²) in [5.74, 6) is 0.392. The maximum atomic E-state index is 11.3. The maximum absolute atomic E-state index is 11.3. The molecular formula is C25H28N2O. The van der Waals surface area contributed by atoms with Gasteiger partial charge in [-0.3, -0.25) is 0 Å². The molecule has 0 unspecified atom stereocenters. The van der Waals surface area contributed by atoms with Gasteiger partial charge in [0, 0.05) is 36.2 Å². The number of nitrogens with zero attached hydrogens (tertiary/aromatic N) is 1. The second kappa shape index (κ2) is 7.08. The number of hydrogen-bond acceptors (Lipinski definition) is 3. The van der Waals surface area contributed by atoms with Crippen molar-refractivity contribution in [3.05, 3.63) is 88.5 Å². The van der Waals surface area contributed by atoms with Crippen LogP contribution in [-0.2, 0) is 12.0 Å². The van der Waals surface area contributed by atoms with Crippen molar-refractivity contribution < 1.29 is 5.11 Å². The molecule has 0 saturated carbocycles. The van der Waals surface area contributed by atoms with Crippen LogP contribution >= 0.6 is 0 Å². The van der Waals surface area contributed by atoms with E-state index in [4.69, 9.17) is 5.73 Å². The first-order valence-corrected chi connectivity index (χ1v) is 9.87. The van der Waals surface area contributed by atoms with Gasteiger partial charge in [-0.2, -0.15) is 0 Å². The van der Waals surface area contributed by atoms with Gasteiger partial charge in [-0.25, -0.2) is 0 Å². The van der Waals surface area contributed by atoms with Crippen molar-refractivity contribution in [2.45, 2.75) is 25.8 Å². The summed E-state index contributed by atoms with van der Waals surface area (Å²) in [7, 11) is 2.04. The lowest BCUT2D eigenvalue weighted by Crippen LogP contribution is -2.26. The van der Waals surface area contributed by atoms with E-state index >= 15 is 0 Å². The fraction of sp³-hybridized carbons (Fsp3) is 0.280. The Morgan fingerprint density at radius 2 is 1.50 bits per heavy atom. The third-order valence-electron chi connectivity index (χ3n) is 6.04. The number of hydrogen-bond donors (Lipinski definition) is 2.